The van der Waals surface area contributed by atoms with Crippen LogP contribution in [0.4, 0.5) is 10.7 Å². The minimum absolute atomic E-state index is 0.0417. The molecule has 25 heavy (non-hydrogen) atoms. The summed E-state index contributed by atoms with van der Waals surface area (Å²) in [6, 6.07) is 10.9. The first-order valence-corrected chi connectivity index (χ1v) is 9.68. The van der Waals surface area contributed by atoms with Gasteiger partial charge in [-0.1, -0.05) is 18.2 Å². The highest BCUT2D eigenvalue weighted by Crippen LogP contribution is 2.38. The van der Waals surface area contributed by atoms with E-state index in [0.717, 1.165) is 48.4 Å². The van der Waals surface area contributed by atoms with Crippen molar-refractivity contribution in [3.8, 4) is 6.07 Å². The quantitative estimate of drug-likeness (QED) is 0.913. The first-order chi connectivity index (χ1) is 12.2. The number of para-hydroxylation sites is 1. The number of nitriles is 1. The van der Waals surface area contributed by atoms with Gasteiger partial charge in [-0.2, -0.15) is 5.26 Å². The average molecular weight is 351 g/mol. The summed E-state index contributed by atoms with van der Waals surface area (Å²) in [4.78, 5) is 16.1. The summed E-state index contributed by atoms with van der Waals surface area (Å²) in [6.07, 6.45) is 5.22. The van der Waals surface area contributed by atoms with Crippen molar-refractivity contribution in [2.45, 2.75) is 45.1 Å². The van der Waals surface area contributed by atoms with Crippen LogP contribution in [0.3, 0.4) is 0 Å². The fourth-order valence-corrected chi connectivity index (χ4v) is 5.19. The minimum atomic E-state index is -0.0417. The molecule has 0 saturated carbocycles. The Morgan fingerprint density at radius 2 is 2.20 bits per heavy atom. The smallest absolute Gasteiger partial charge is 0.244 e. The molecular weight excluding hydrogens is 330 g/mol. The first-order valence-electron chi connectivity index (χ1n) is 8.86. The Morgan fingerprint density at radius 3 is 3.04 bits per heavy atom. The molecule has 0 saturated heterocycles. The SMILES string of the molecule is C[C@H]1CCc2ccccc2N1CC(=O)Nc1sc2c(c1C#N)CCC2. The zero-order valence-corrected chi connectivity index (χ0v) is 15.2. The van der Waals surface area contributed by atoms with Gasteiger partial charge < -0.3 is 10.2 Å². The van der Waals surface area contributed by atoms with E-state index in [1.807, 2.05) is 6.07 Å². The normalized spacial score (nSPS) is 18.4. The molecule has 2 aliphatic rings. The number of hydrogen-bond donors (Lipinski definition) is 1. The Kier molecular flexibility index (Phi) is 4.22. The highest BCUT2D eigenvalue weighted by molar-refractivity contribution is 7.16. The monoisotopic (exact) mass is 351 g/mol. The number of nitrogens with zero attached hydrogens (tertiary/aromatic N) is 2. The molecule has 1 amide bonds. The molecule has 0 radical (unpaired) electrons. The van der Waals surface area contributed by atoms with Crippen molar-refractivity contribution in [3.05, 3.63) is 45.8 Å². The van der Waals surface area contributed by atoms with Crippen molar-refractivity contribution in [2.24, 2.45) is 0 Å². The zero-order chi connectivity index (χ0) is 17.4. The van der Waals surface area contributed by atoms with Gasteiger partial charge in [-0.05, 0) is 56.2 Å². The van der Waals surface area contributed by atoms with E-state index in [2.05, 4.69) is 41.4 Å². The molecule has 1 aromatic heterocycles. The summed E-state index contributed by atoms with van der Waals surface area (Å²) in [5, 5.41) is 13.2. The van der Waals surface area contributed by atoms with E-state index in [4.69, 9.17) is 0 Å². The third-order valence-corrected chi connectivity index (χ3v) is 6.47. The maximum absolute atomic E-state index is 12.7. The minimum Gasteiger partial charge on any atom is -0.359 e. The molecule has 128 valence electrons. The number of anilines is 2. The number of thiophene rings is 1. The molecule has 1 aliphatic heterocycles. The second-order valence-electron chi connectivity index (χ2n) is 6.87. The maximum Gasteiger partial charge on any atom is 0.244 e. The number of amides is 1. The van der Waals surface area contributed by atoms with Crippen LogP contribution < -0.4 is 10.2 Å². The number of carbonyl (C=O) groups excluding carboxylic acids is 1. The zero-order valence-electron chi connectivity index (χ0n) is 14.3. The molecule has 4 nitrogen and oxygen atoms in total. The Balaban J connectivity index is 1.53. The van der Waals surface area contributed by atoms with Gasteiger partial charge in [0.15, 0.2) is 0 Å². The lowest BCUT2D eigenvalue weighted by molar-refractivity contribution is -0.115. The Morgan fingerprint density at radius 1 is 1.36 bits per heavy atom. The number of nitrogens with one attached hydrogen (secondary N) is 1. The molecule has 1 atom stereocenters. The van der Waals surface area contributed by atoms with Gasteiger partial charge in [0.1, 0.15) is 11.1 Å². The number of hydrogen-bond acceptors (Lipinski definition) is 4. The number of carbonyl (C=O) groups is 1. The first kappa shape index (κ1) is 16.2. The number of fused-ring (bicyclic) bond motifs is 2. The second-order valence-corrected chi connectivity index (χ2v) is 7.97. The lowest BCUT2D eigenvalue weighted by atomic mass is 9.96. The summed E-state index contributed by atoms with van der Waals surface area (Å²) in [7, 11) is 0. The van der Waals surface area contributed by atoms with Crippen LogP contribution in [-0.2, 0) is 24.1 Å². The van der Waals surface area contributed by atoms with Crippen LogP contribution in [0.25, 0.3) is 0 Å². The van der Waals surface area contributed by atoms with Gasteiger partial charge in [0, 0.05) is 16.6 Å². The summed E-state index contributed by atoms with van der Waals surface area (Å²) in [5.74, 6) is -0.0417. The number of benzene rings is 1. The predicted octanol–water partition coefficient (Wildman–Crippen LogP) is 3.89. The molecule has 5 heteroatoms. The van der Waals surface area contributed by atoms with E-state index in [1.54, 1.807) is 11.3 Å². The van der Waals surface area contributed by atoms with Crippen LogP contribution in [0.15, 0.2) is 24.3 Å². The molecule has 0 spiro atoms. The summed E-state index contributed by atoms with van der Waals surface area (Å²) in [5.41, 5.74) is 4.30. The lowest BCUT2D eigenvalue weighted by Crippen LogP contribution is -2.42. The highest BCUT2D eigenvalue weighted by atomic mass is 32.1. The van der Waals surface area contributed by atoms with Crippen molar-refractivity contribution < 1.29 is 4.79 Å². The van der Waals surface area contributed by atoms with Crippen LogP contribution in [0.5, 0.6) is 0 Å². The topological polar surface area (TPSA) is 56.1 Å². The van der Waals surface area contributed by atoms with Gasteiger partial charge in [-0.3, -0.25) is 4.79 Å². The van der Waals surface area contributed by atoms with Crippen LogP contribution in [0.2, 0.25) is 0 Å². The molecule has 1 aliphatic carbocycles. The van der Waals surface area contributed by atoms with E-state index < -0.39 is 0 Å². The van der Waals surface area contributed by atoms with E-state index in [-0.39, 0.29) is 5.91 Å². The third-order valence-electron chi connectivity index (χ3n) is 5.26. The average Bonchev–Trinajstić information content (AvgIpc) is 3.18. The third kappa shape index (κ3) is 2.91. The van der Waals surface area contributed by atoms with E-state index in [9.17, 15) is 10.1 Å². The van der Waals surface area contributed by atoms with Crippen molar-refractivity contribution in [3.63, 3.8) is 0 Å². The largest absolute Gasteiger partial charge is 0.359 e. The van der Waals surface area contributed by atoms with Gasteiger partial charge in [0.2, 0.25) is 5.91 Å². The van der Waals surface area contributed by atoms with Crippen LogP contribution in [0, 0.1) is 11.3 Å². The molecular formula is C20H21N3OS. The molecule has 0 unspecified atom stereocenters. The molecule has 1 N–H and O–H groups in total. The predicted molar refractivity (Wildman–Crippen MR) is 101 cm³/mol. The highest BCUT2D eigenvalue weighted by Gasteiger charge is 2.26. The fourth-order valence-electron chi connectivity index (χ4n) is 3.93. The van der Waals surface area contributed by atoms with Crippen LogP contribution in [-0.4, -0.2) is 18.5 Å². The van der Waals surface area contributed by atoms with E-state index in [1.165, 1.54) is 10.4 Å². The van der Waals surface area contributed by atoms with Gasteiger partial charge in [0.25, 0.3) is 0 Å². The van der Waals surface area contributed by atoms with E-state index >= 15 is 0 Å². The van der Waals surface area contributed by atoms with Gasteiger partial charge in [0.05, 0.1) is 12.1 Å². The molecule has 0 fully saturated rings. The van der Waals surface area contributed by atoms with Crippen LogP contribution >= 0.6 is 11.3 Å². The van der Waals surface area contributed by atoms with Crippen molar-refractivity contribution in [1.82, 2.24) is 0 Å². The maximum atomic E-state index is 12.7. The lowest BCUT2D eigenvalue weighted by Gasteiger charge is -2.36. The molecule has 2 heterocycles. The standard InChI is InChI=1S/C20H21N3OS/c1-13-9-10-14-5-2-3-7-17(14)23(13)12-19(24)22-20-16(11-21)15-6-4-8-18(15)25-20/h2-3,5,7,13H,4,6,8-10,12H2,1H3,(H,22,24)/t13-/m0/s1. The second kappa shape index (κ2) is 6.53. The fraction of sp³-hybridized carbons (Fsp3) is 0.400. The Hall–Kier alpha value is -2.32. The Labute approximate surface area is 152 Å². The van der Waals surface area contributed by atoms with Gasteiger partial charge in [-0.15, -0.1) is 11.3 Å². The van der Waals surface area contributed by atoms with Gasteiger partial charge in [-0.25, -0.2) is 0 Å². The Bertz CT molecular complexity index is 864. The molecule has 0 bridgehead atoms. The van der Waals surface area contributed by atoms with Crippen molar-refractivity contribution in [1.29, 1.82) is 5.26 Å². The van der Waals surface area contributed by atoms with Crippen molar-refractivity contribution in [2.75, 3.05) is 16.8 Å². The molecule has 1 aromatic carbocycles. The molecule has 4 rings (SSSR count). The molecule has 2 aromatic rings. The summed E-state index contributed by atoms with van der Waals surface area (Å²) < 4.78 is 0. The van der Waals surface area contributed by atoms with E-state index in [0.29, 0.717) is 18.2 Å². The number of rotatable bonds is 3. The number of aryl methyl sites for hydroxylation is 2. The van der Waals surface area contributed by atoms with Gasteiger partial charge >= 0.3 is 0 Å². The van der Waals surface area contributed by atoms with Crippen LogP contribution in [0.1, 0.15) is 41.3 Å². The summed E-state index contributed by atoms with van der Waals surface area (Å²) >= 11 is 1.58. The summed E-state index contributed by atoms with van der Waals surface area (Å²) in [6.45, 7) is 2.50. The van der Waals surface area contributed by atoms with Crippen molar-refractivity contribution >= 4 is 27.9 Å².